The first-order valence-electron chi connectivity index (χ1n) is 7.51. The Balaban J connectivity index is 1.42. The first kappa shape index (κ1) is 14.1. The van der Waals surface area contributed by atoms with Gasteiger partial charge in [0.15, 0.2) is 0 Å². The van der Waals surface area contributed by atoms with Crippen molar-refractivity contribution in [1.82, 2.24) is 10.6 Å². The minimum absolute atomic E-state index is 0.679. The van der Waals surface area contributed by atoms with Crippen LogP contribution in [-0.2, 0) is 6.54 Å². The van der Waals surface area contributed by atoms with Crippen molar-refractivity contribution < 1.29 is 0 Å². The van der Waals surface area contributed by atoms with Crippen LogP contribution in [0.1, 0.15) is 43.4 Å². The first-order valence-corrected chi connectivity index (χ1v) is 9.19. The normalized spacial score (nSPS) is 31.1. The van der Waals surface area contributed by atoms with E-state index in [0.29, 0.717) is 6.04 Å². The van der Waals surface area contributed by atoms with Crippen LogP contribution < -0.4 is 10.6 Å². The largest absolute Gasteiger partial charge is 0.310 e. The van der Waals surface area contributed by atoms with Crippen molar-refractivity contribution in [2.45, 2.75) is 57.2 Å². The Labute approximate surface area is 128 Å². The zero-order valence-corrected chi connectivity index (χ0v) is 13.7. The maximum Gasteiger partial charge on any atom is 0.0327 e. The van der Waals surface area contributed by atoms with E-state index in [4.69, 9.17) is 0 Å². The molecule has 2 N–H and O–H groups in total. The fraction of sp³-hybridized carbons (Fsp3) is 0.733. The molecule has 0 bridgehead atoms. The second kappa shape index (κ2) is 6.70. The quantitative estimate of drug-likeness (QED) is 0.866. The van der Waals surface area contributed by atoms with Gasteiger partial charge in [0.05, 0.1) is 0 Å². The van der Waals surface area contributed by atoms with E-state index in [1.54, 1.807) is 0 Å². The summed E-state index contributed by atoms with van der Waals surface area (Å²) in [6, 6.07) is 3.62. The lowest BCUT2D eigenvalue weighted by atomic mass is 9.78. The molecular weight excluding hydrogens is 320 g/mol. The first-order chi connectivity index (χ1) is 9.33. The molecule has 1 saturated heterocycles. The number of fused-ring (bicyclic) bond motifs is 1. The molecule has 0 radical (unpaired) electrons. The van der Waals surface area contributed by atoms with Crippen LogP contribution in [-0.4, -0.2) is 18.6 Å². The molecule has 0 aromatic carbocycles. The van der Waals surface area contributed by atoms with Gasteiger partial charge in [0, 0.05) is 34.5 Å². The summed E-state index contributed by atoms with van der Waals surface area (Å²) >= 11 is 5.42. The van der Waals surface area contributed by atoms with E-state index in [1.807, 2.05) is 11.3 Å². The topological polar surface area (TPSA) is 24.1 Å². The average molecular weight is 343 g/mol. The zero-order chi connectivity index (χ0) is 13.1. The minimum Gasteiger partial charge on any atom is -0.310 e. The van der Waals surface area contributed by atoms with E-state index in [1.165, 1.54) is 47.9 Å². The monoisotopic (exact) mass is 342 g/mol. The molecule has 0 amide bonds. The molecule has 2 fully saturated rings. The summed E-state index contributed by atoms with van der Waals surface area (Å²) in [7, 11) is 0. The number of hydrogen-bond acceptors (Lipinski definition) is 3. The molecule has 3 unspecified atom stereocenters. The SMILES string of the molecule is Brc1ccsc1CNCC1CCC2CCCCC2N1. The minimum atomic E-state index is 0.679. The van der Waals surface area contributed by atoms with Crippen molar-refractivity contribution in [1.29, 1.82) is 0 Å². The standard InChI is InChI=1S/C15H23BrN2S/c16-13-7-8-19-15(13)10-17-9-12-6-5-11-3-1-2-4-14(11)18-12/h7-8,11-12,14,17-18H,1-6,9-10H2. The van der Waals surface area contributed by atoms with Gasteiger partial charge in [-0.2, -0.15) is 0 Å². The smallest absolute Gasteiger partial charge is 0.0327 e. The predicted molar refractivity (Wildman–Crippen MR) is 85.6 cm³/mol. The van der Waals surface area contributed by atoms with Gasteiger partial charge in [-0.15, -0.1) is 11.3 Å². The van der Waals surface area contributed by atoms with Gasteiger partial charge in [0.2, 0.25) is 0 Å². The Hall–Kier alpha value is 0.1000. The van der Waals surface area contributed by atoms with Crippen LogP contribution in [0.15, 0.2) is 15.9 Å². The molecule has 1 aromatic rings. The molecule has 3 rings (SSSR count). The summed E-state index contributed by atoms with van der Waals surface area (Å²) < 4.78 is 1.24. The van der Waals surface area contributed by atoms with Crippen LogP contribution in [0.4, 0.5) is 0 Å². The summed E-state index contributed by atoms with van der Waals surface area (Å²) in [5, 5.41) is 9.64. The van der Waals surface area contributed by atoms with Crippen molar-refractivity contribution in [3.8, 4) is 0 Å². The molecule has 1 aliphatic carbocycles. The van der Waals surface area contributed by atoms with Crippen molar-refractivity contribution in [2.24, 2.45) is 5.92 Å². The predicted octanol–water partition coefficient (Wildman–Crippen LogP) is 3.91. The van der Waals surface area contributed by atoms with Gasteiger partial charge in [-0.25, -0.2) is 0 Å². The van der Waals surface area contributed by atoms with Gasteiger partial charge in [0.1, 0.15) is 0 Å². The van der Waals surface area contributed by atoms with E-state index in [2.05, 4.69) is 38.0 Å². The maximum atomic E-state index is 3.88. The summed E-state index contributed by atoms with van der Waals surface area (Å²) in [5.41, 5.74) is 0. The van der Waals surface area contributed by atoms with Crippen LogP contribution >= 0.6 is 27.3 Å². The summed E-state index contributed by atoms with van der Waals surface area (Å²) in [6.45, 7) is 2.10. The second-order valence-electron chi connectivity index (χ2n) is 5.91. The van der Waals surface area contributed by atoms with Crippen molar-refractivity contribution in [2.75, 3.05) is 6.54 Å². The highest BCUT2D eigenvalue weighted by molar-refractivity contribution is 9.10. The van der Waals surface area contributed by atoms with Gasteiger partial charge in [-0.1, -0.05) is 12.8 Å². The van der Waals surface area contributed by atoms with Crippen LogP contribution in [0.5, 0.6) is 0 Å². The third-order valence-corrected chi connectivity index (χ3v) is 6.54. The number of thiophene rings is 1. The fourth-order valence-electron chi connectivity index (χ4n) is 3.55. The molecule has 2 nitrogen and oxygen atoms in total. The molecule has 106 valence electrons. The highest BCUT2D eigenvalue weighted by atomic mass is 79.9. The lowest BCUT2D eigenvalue weighted by Crippen LogP contribution is -2.52. The zero-order valence-electron chi connectivity index (χ0n) is 11.3. The van der Waals surface area contributed by atoms with Crippen LogP contribution in [0.2, 0.25) is 0 Å². The molecule has 1 aliphatic heterocycles. The van der Waals surface area contributed by atoms with Crippen molar-refractivity contribution >= 4 is 27.3 Å². The van der Waals surface area contributed by atoms with Crippen molar-refractivity contribution in [3.63, 3.8) is 0 Å². The van der Waals surface area contributed by atoms with E-state index in [9.17, 15) is 0 Å². The molecule has 2 heterocycles. The summed E-state index contributed by atoms with van der Waals surface area (Å²) in [5.74, 6) is 0.969. The summed E-state index contributed by atoms with van der Waals surface area (Å²) in [6.07, 6.45) is 8.53. The molecule has 0 spiro atoms. The van der Waals surface area contributed by atoms with Gasteiger partial charge >= 0.3 is 0 Å². The van der Waals surface area contributed by atoms with Gasteiger partial charge in [0.25, 0.3) is 0 Å². The number of halogens is 1. The molecule has 3 atom stereocenters. The second-order valence-corrected chi connectivity index (χ2v) is 7.77. The average Bonchev–Trinajstić information content (AvgIpc) is 2.84. The Bertz CT molecular complexity index is 407. The maximum absolute atomic E-state index is 3.88. The van der Waals surface area contributed by atoms with E-state index >= 15 is 0 Å². The number of hydrogen-bond donors (Lipinski definition) is 2. The van der Waals surface area contributed by atoms with Gasteiger partial charge < -0.3 is 10.6 Å². The highest BCUT2D eigenvalue weighted by Gasteiger charge is 2.31. The van der Waals surface area contributed by atoms with E-state index in [-0.39, 0.29) is 0 Å². The lowest BCUT2D eigenvalue weighted by molar-refractivity contribution is 0.174. The molecule has 1 saturated carbocycles. The molecule has 19 heavy (non-hydrogen) atoms. The Morgan fingerprint density at radius 2 is 2.16 bits per heavy atom. The fourth-order valence-corrected chi connectivity index (χ4v) is 5.01. The summed E-state index contributed by atoms with van der Waals surface area (Å²) in [4.78, 5) is 1.41. The number of nitrogens with one attached hydrogen (secondary N) is 2. The van der Waals surface area contributed by atoms with Crippen molar-refractivity contribution in [3.05, 3.63) is 20.8 Å². The highest BCUT2D eigenvalue weighted by Crippen LogP contribution is 2.32. The molecular formula is C15H23BrN2S. The van der Waals surface area contributed by atoms with Crippen LogP contribution in [0, 0.1) is 5.92 Å². The molecule has 1 aromatic heterocycles. The number of rotatable bonds is 4. The van der Waals surface area contributed by atoms with Crippen LogP contribution in [0.25, 0.3) is 0 Å². The molecule has 2 aliphatic rings. The Morgan fingerprint density at radius 1 is 1.26 bits per heavy atom. The molecule has 4 heteroatoms. The van der Waals surface area contributed by atoms with Gasteiger partial charge in [-0.05, 0) is 59.0 Å². The van der Waals surface area contributed by atoms with Gasteiger partial charge in [-0.3, -0.25) is 0 Å². The lowest BCUT2D eigenvalue weighted by Gasteiger charge is -2.40. The Kier molecular flexibility index (Phi) is 4.96. The van der Waals surface area contributed by atoms with Crippen LogP contribution in [0.3, 0.4) is 0 Å². The van der Waals surface area contributed by atoms with E-state index in [0.717, 1.165) is 25.0 Å². The third kappa shape index (κ3) is 3.60. The number of piperidine rings is 1. The third-order valence-electron chi connectivity index (χ3n) is 4.61. The van der Waals surface area contributed by atoms with E-state index < -0.39 is 0 Å². The Morgan fingerprint density at radius 3 is 3.00 bits per heavy atom.